The van der Waals surface area contributed by atoms with E-state index in [1.165, 1.54) is 0 Å². The highest BCUT2D eigenvalue weighted by Crippen LogP contribution is 2.32. The van der Waals surface area contributed by atoms with Gasteiger partial charge in [-0.15, -0.1) is 0 Å². The number of anilines is 1. The smallest absolute Gasteiger partial charge is 0.259 e. The van der Waals surface area contributed by atoms with E-state index in [1.807, 2.05) is 18.2 Å². The van der Waals surface area contributed by atoms with Crippen LogP contribution in [0.3, 0.4) is 0 Å². The van der Waals surface area contributed by atoms with E-state index in [0.717, 1.165) is 5.56 Å². The third kappa shape index (κ3) is 3.94. The summed E-state index contributed by atoms with van der Waals surface area (Å²) in [5.74, 6) is 1.93. The molecule has 2 aromatic carbocycles. The average molecular weight is 392 g/mol. The summed E-state index contributed by atoms with van der Waals surface area (Å²) in [6.07, 6.45) is 0. The lowest BCUT2D eigenvalue weighted by atomic mass is 10.1. The molecule has 0 radical (unpaired) electrons. The molecule has 0 fully saturated rings. The summed E-state index contributed by atoms with van der Waals surface area (Å²) in [5, 5.41) is 5.67. The maximum atomic E-state index is 12.7. The van der Waals surface area contributed by atoms with E-state index >= 15 is 0 Å². The lowest BCUT2D eigenvalue weighted by Gasteiger charge is -2.11. The molecule has 7 nitrogen and oxygen atoms in total. The molecule has 148 valence electrons. The van der Waals surface area contributed by atoms with Gasteiger partial charge in [-0.25, -0.2) is 0 Å². The van der Waals surface area contributed by atoms with Crippen molar-refractivity contribution in [1.29, 1.82) is 0 Å². The van der Waals surface area contributed by atoms with E-state index < -0.39 is 0 Å². The zero-order valence-electron chi connectivity index (χ0n) is 16.1. The van der Waals surface area contributed by atoms with Crippen LogP contribution < -0.4 is 20.1 Å². The highest BCUT2D eigenvalue weighted by molar-refractivity contribution is 6.09. The van der Waals surface area contributed by atoms with E-state index in [1.54, 1.807) is 44.2 Å². The molecule has 1 aliphatic rings. The molecule has 2 N–H and O–H groups in total. The summed E-state index contributed by atoms with van der Waals surface area (Å²) in [6, 6.07) is 14.1. The van der Waals surface area contributed by atoms with Crippen molar-refractivity contribution < 1.29 is 23.5 Å². The van der Waals surface area contributed by atoms with Gasteiger partial charge in [-0.1, -0.05) is 18.2 Å². The Morgan fingerprint density at radius 1 is 0.931 bits per heavy atom. The minimum absolute atomic E-state index is 0.202. The summed E-state index contributed by atoms with van der Waals surface area (Å²) in [4.78, 5) is 25.3. The summed E-state index contributed by atoms with van der Waals surface area (Å²) in [7, 11) is 0. The Hall–Kier alpha value is -3.74. The summed E-state index contributed by atoms with van der Waals surface area (Å²) in [6.45, 7) is 4.03. The van der Waals surface area contributed by atoms with Crippen LogP contribution in [0.15, 0.2) is 52.9 Å². The Kier molecular flexibility index (Phi) is 4.95. The van der Waals surface area contributed by atoms with Crippen molar-refractivity contribution >= 4 is 17.5 Å². The molecule has 1 aliphatic heterocycles. The largest absolute Gasteiger partial charge is 0.466 e. The number of rotatable bonds is 5. The van der Waals surface area contributed by atoms with E-state index in [2.05, 4.69) is 10.6 Å². The number of para-hydroxylation sites is 1. The highest BCUT2D eigenvalue weighted by atomic mass is 16.7. The van der Waals surface area contributed by atoms with Gasteiger partial charge in [0.25, 0.3) is 11.8 Å². The second-order valence-corrected chi connectivity index (χ2v) is 6.70. The first-order chi connectivity index (χ1) is 14.0. The number of carbonyl (C=O) groups is 2. The molecule has 2 amide bonds. The summed E-state index contributed by atoms with van der Waals surface area (Å²) < 4.78 is 16.1. The number of furan rings is 1. The Balaban J connectivity index is 1.46. The quantitative estimate of drug-likeness (QED) is 0.689. The first kappa shape index (κ1) is 18.6. The number of nitrogens with one attached hydrogen (secondary N) is 2. The molecule has 0 saturated carbocycles. The molecule has 0 atom stereocenters. The zero-order valence-corrected chi connectivity index (χ0v) is 16.1. The number of carbonyl (C=O) groups excluding carboxylic acids is 2. The average Bonchev–Trinajstić information content (AvgIpc) is 3.31. The van der Waals surface area contributed by atoms with Gasteiger partial charge in [0.1, 0.15) is 11.5 Å². The maximum Gasteiger partial charge on any atom is 0.259 e. The number of aryl methyl sites for hydroxylation is 2. The summed E-state index contributed by atoms with van der Waals surface area (Å²) in [5.41, 5.74) is 2.13. The van der Waals surface area contributed by atoms with Gasteiger partial charge in [-0.3, -0.25) is 9.59 Å². The Morgan fingerprint density at radius 3 is 2.52 bits per heavy atom. The standard InChI is InChI=1S/C22H20N2O5/c1-13-9-17(14(2)29-13)22(26)24-18-6-4-3-5-16(18)21(25)23-11-15-7-8-19-20(10-15)28-12-27-19/h3-10H,11-12H2,1-2H3,(H,23,25)(H,24,26). The molecule has 3 aromatic rings. The first-order valence-electron chi connectivity index (χ1n) is 9.15. The number of hydrogen-bond donors (Lipinski definition) is 2. The maximum absolute atomic E-state index is 12.7. The van der Waals surface area contributed by atoms with Gasteiger partial charge in [-0.05, 0) is 49.7 Å². The van der Waals surface area contributed by atoms with Crippen LogP contribution in [0, 0.1) is 13.8 Å². The number of amides is 2. The minimum atomic E-state index is -0.324. The second kappa shape index (κ2) is 7.71. The van der Waals surface area contributed by atoms with E-state index in [-0.39, 0.29) is 18.6 Å². The van der Waals surface area contributed by atoms with Crippen molar-refractivity contribution in [2.45, 2.75) is 20.4 Å². The van der Waals surface area contributed by atoms with Crippen molar-refractivity contribution in [3.8, 4) is 11.5 Å². The molecule has 0 bridgehead atoms. The van der Waals surface area contributed by atoms with Crippen molar-refractivity contribution in [2.24, 2.45) is 0 Å². The van der Waals surface area contributed by atoms with Crippen LogP contribution >= 0.6 is 0 Å². The van der Waals surface area contributed by atoms with Crippen LogP contribution in [0.2, 0.25) is 0 Å². The van der Waals surface area contributed by atoms with Gasteiger partial charge in [-0.2, -0.15) is 0 Å². The molecule has 1 aromatic heterocycles. The number of fused-ring (bicyclic) bond motifs is 1. The number of ether oxygens (including phenoxy) is 2. The van der Waals surface area contributed by atoms with Gasteiger partial charge in [0.2, 0.25) is 6.79 Å². The van der Waals surface area contributed by atoms with E-state index in [9.17, 15) is 9.59 Å². The minimum Gasteiger partial charge on any atom is -0.466 e. The monoisotopic (exact) mass is 392 g/mol. The van der Waals surface area contributed by atoms with Crippen LogP contribution in [0.4, 0.5) is 5.69 Å². The van der Waals surface area contributed by atoms with Crippen molar-refractivity contribution in [2.75, 3.05) is 12.1 Å². The predicted molar refractivity (Wildman–Crippen MR) is 106 cm³/mol. The Labute approximate surface area is 167 Å². The van der Waals surface area contributed by atoms with Crippen LogP contribution in [0.5, 0.6) is 11.5 Å². The van der Waals surface area contributed by atoms with Crippen LogP contribution in [0.25, 0.3) is 0 Å². The molecule has 7 heteroatoms. The van der Waals surface area contributed by atoms with Crippen LogP contribution in [-0.4, -0.2) is 18.6 Å². The van der Waals surface area contributed by atoms with Gasteiger partial charge in [0, 0.05) is 6.54 Å². The zero-order chi connectivity index (χ0) is 20.4. The molecule has 29 heavy (non-hydrogen) atoms. The predicted octanol–water partition coefficient (Wildman–Crippen LogP) is 3.81. The molecule has 2 heterocycles. The number of hydrogen-bond acceptors (Lipinski definition) is 5. The van der Waals surface area contributed by atoms with Gasteiger partial charge >= 0.3 is 0 Å². The van der Waals surface area contributed by atoms with E-state index in [4.69, 9.17) is 13.9 Å². The fourth-order valence-electron chi connectivity index (χ4n) is 3.16. The lowest BCUT2D eigenvalue weighted by molar-refractivity contribution is 0.0951. The lowest BCUT2D eigenvalue weighted by Crippen LogP contribution is -2.25. The molecule has 0 unspecified atom stereocenters. The molecule has 0 saturated heterocycles. The SMILES string of the molecule is Cc1cc(C(=O)Nc2ccccc2C(=O)NCc2ccc3c(c2)OCO3)c(C)o1. The molecular weight excluding hydrogens is 372 g/mol. The fraction of sp³-hybridized carbons (Fsp3) is 0.182. The Bertz CT molecular complexity index is 1090. The van der Waals surface area contributed by atoms with Gasteiger partial charge in [0.15, 0.2) is 11.5 Å². The fourth-order valence-corrected chi connectivity index (χ4v) is 3.16. The molecule has 0 spiro atoms. The highest BCUT2D eigenvalue weighted by Gasteiger charge is 2.18. The third-order valence-electron chi connectivity index (χ3n) is 4.60. The van der Waals surface area contributed by atoms with E-state index in [0.29, 0.717) is 46.4 Å². The molecular formula is C22H20N2O5. The topological polar surface area (TPSA) is 89.8 Å². The first-order valence-corrected chi connectivity index (χ1v) is 9.15. The van der Waals surface area contributed by atoms with Crippen LogP contribution in [-0.2, 0) is 6.54 Å². The van der Waals surface area contributed by atoms with Crippen molar-refractivity contribution in [3.63, 3.8) is 0 Å². The summed E-state index contributed by atoms with van der Waals surface area (Å²) >= 11 is 0. The number of benzene rings is 2. The Morgan fingerprint density at radius 2 is 1.72 bits per heavy atom. The second-order valence-electron chi connectivity index (χ2n) is 6.70. The van der Waals surface area contributed by atoms with Gasteiger partial charge in [0.05, 0.1) is 16.8 Å². The van der Waals surface area contributed by atoms with Crippen molar-refractivity contribution in [1.82, 2.24) is 5.32 Å². The van der Waals surface area contributed by atoms with Crippen molar-refractivity contribution in [3.05, 3.63) is 76.7 Å². The molecule has 4 rings (SSSR count). The third-order valence-corrected chi connectivity index (χ3v) is 4.60. The van der Waals surface area contributed by atoms with Crippen LogP contribution in [0.1, 0.15) is 37.8 Å². The molecule has 0 aliphatic carbocycles. The normalized spacial score (nSPS) is 11.9. The van der Waals surface area contributed by atoms with Gasteiger partial charge < -0.3 is 24.5 Å².